The van der Waals surface area contributed by atoms with E-state index in [0.717, 1.165) is 31.2 Å². The number of carbonyl (C=O) groups excluding carboxylic acids is 3. The fourth-order valence-electron chi connectivity index (χ4n) is 4.64. The number of rotatable bonds is 8. The summed E-state index contributed by atoms with van der Waals surface area (Å²) in [6, 6.07) is 17.2. The molecule has 1 aliphatic carbocycles. The first-order valence-electron chi connectivity index (χ1n) is 12.5. The lowest BCUT2D eigenvalue weighted by molar-refractivity contribution is -0.123. The molecule has 1 saturated carbocycles. The largest absolute Gasteiger partial charge is 0.459 e. The van der Waals surface area contributed by atoms with Gasteiger partial charge in [0.1, 0.15) is 6.04 Å². The molecule has 0 bridgehead atoms. The summed E-state index contributed by atoms with van der Waals surface area (Å²) >= 11 is 0. The summed E-state index contributed by atoms with van der Waals surface area (Å²) in [6.45, 7) is 5.66. The van der Waals surface area contributed by atoms with Crippen LogP contribution in [-0.4, -0.2) is 23.8 Å². The highest BCUT2D eigenvalue weighted by Gasteiger charge is 2.35. The fraction of sp³-hybridized carbons (Fsp3) is 0.345. The summed E-state index contributed by atoms with van der Waals surface area (Å²) in [5, 5.41) is 5.92. The van der Waals surface area contributed by atoms with Crippen molar-refractivity contribution in [2.45, 2.75) is 64.5 Å². The number of benzene rings is 2. The van der Waals surface area contributed by atoms with Crippen molar-refractivity contribution >= 4 is 29.1 Å². The second-order valence-corrected chi connectivity index (χ2v) is 9.59. The molecule has 7 nitrogen and oxygen atoms in total. The van der Waals surface area contributed by atoms with Crippen molar-refractivity contribution in [3.63, 3.8) is 0 Å². The van der Waals surface area contributed by atoms with E-state index in [4.69, 9.17) is 4.42 Å². The minimum atomic E-state index is -0.906. The molecular weight excluding hydrogens is 454 g/mol. The van der Waals surface area contributed by atoms with Gasteiger partial charge in [-0.3, -0.25) is 19.3 Å². The van der Waals surface area contributed by atoms with Crippen molar-refractivity contribution < 1.29 is 18.8 Å². The molecule has 0 unspecified atom stereocenters. The topological polar surface area (TPSA) is 91.7 Å². The number of hydrogen-bond acceptors (Lipinski definition) is 4. The Balaban J connectivity index is 1.78. The molecule has 0 spiro atoms. The average Bonchev–Trinajstić information content (AvgIpc) is 3.57. The quantitative estimate of drug-likeness (QED) is 0.420. The first-order valence-corrected chi connectivity index (χ1v) is 12.5. The van der Waals surface area contributed by atoms with Crippen molar-refractivity contribution in [1.82, 2.24) is 5.32 Å². The molecular formula is C29H33N3O4. The number of hydrogen-bond donors (Lipinski definition) is 2. The zero-order valence-electron chi connectivity index (χ0n) is 21.0. The van der Waals surface area contributed by atoms with Crippen LogP contribution in [0.25, 0.3) is 0 Å². The van der Waals surface area contributed by atoms with Gasteiger partial charge in [0.15, 0.2) is 5.76 Å². The van der Waals surface area contributed by atoms with E-state index >= 15 is 0 Å². The van der Waals surface area contributed by atoms with Crippen molar-refractivity contribution in [3.05, 3.63) is 83.8 Å². The number of anilines is 2. The minimum absolute atomic E-state index is 0.0950. The maximum Gasteiger partial charge on any atom is 0.294 e. The predicted molar refractivity (Wildman–Crippen MR) is 140 cm³/mol. The maximum absolute atomic E-state index is 13.8. The van der Waals surface area contributed by atoms with Crippen LogP contribution in [0.2, 0.25) is 0 Å². The maximum atomic E-state index is 13.8. The van der Waals surface area contributed by atoms with Crippen molar-refractivity contribution in [1.29, 1.82) is 0 Å². The Morgan fingerprint density at radius 3 is 2.11 bits per heavy atom. The van der Waals surface area contributed by atoms with Crippen LogP contribution in [0, 0.1) is 0 Å². The van der Waals surface area contributed by atoms with E-state index in [1.807, 2.05) is 24.3 Å². The van der Waals surface area contributed by atoms with Crippen LogP contribution >= 0.6 is 0 Å². The highest BCUT2D eigenvalue weighted by Crippen LogP contribution is 2.32. The lowest BCUT2D eigenvalue weighted by Gasteiger charge is -2.32. The smallest absolute Gasteiger partial charge is 0.294 e. The van der Waals surface area contributed by atoms with E-state index in [-0.39, 0.29) is 23.6 Å². The van der Waals surface area contributed by atoms with E-state index in [1.54, 1.807) is 36.4 Å². The molecule has 1 aromatic heterocycles. The fourth-order valence-corrected chi connectivity index (χ4v) is 4.64. The summed E-state index contributed by atoms with van der Waals surface area (Å²) < 4.78 is 5.44. The Bertz CT molecular complexity index is 1180. The molecule has 4 rings (SSSR count). The molecule has 7 heteroatoms. The first-order chi connectivity index (χ1) is 17.3. The molecule has 3 amide bonds. The Morgan fingerprint density at radius 2 is 1.56 bits per heavy atom. The summed E-state index contributed by atoms with van der Waals surface area (Å²) in [5.41, 5.74) is 2.98. The van der Waals surface area contributed by atoms with E-state index in [0.29, 0.717) is 22.9 Å². The summed E-state index contributed by atoms with van der Waals surface area (Å²) in [5.74, 6) is -0.368. The molecule has 1 aliphatic rings. The lowest BCUT2D eigenvalue weighted by Crippen LogP contribution is -2.46. The Hall–Kier alpha value is -3.87. The molecule has 0 aliphatic heterocycles. The van der Waals surface area contributed by atoms with Crippen LogP contribution in [0.5, 0.6) is 0 Å². The zero-order chi connectivity index (χ0) is 25.7. The van der Waals surface area contributed by atoms with E-state index in [1.165, 1.54) is 18.1 Å². The second-order valence-electron chi connectivity index (χ2n) is 9.59. The summed E-state index contributed by atoms with van der Waals surface area (Å²) in [7, 11) is 0. The second kappa shape index (κ2) is 11.2. The van der Waals surface area contributed by atoms with Gasteiger partial charge in [-0.25, -0.2) is 0 Å². The first kappa shape index (κ1) is 25.2. The van der Waals surface area contributed by atoms with Gasteiger partial charge in [-0.05, 0) is 66.3 Å². The number of nitrogens with zero attached hydrogens (tertiary/aromatic N) is 1. The highest BCUT2D eigenvalue weighted by atomic mass is 16.3. The van der Waals surface area contributed by atoms with Crippen molar-refractivity contribution in [3.8, 4) is 0 Å². The van der Waals surface area contributed by atoms with Crippen LogP contribution in [0.4, 0.5) is 11.4 Å². The molecule has 0 radical (unpaired) electrons. The third kappa shape index (κ3) is 5.85. The Kier molecular flexibility index (Phi) is 7.88. The molecule has 1 atom stereocenters. The summed E-state index contributed by atoms with van der Waals surface area (Å²) in [6.07, 6.45) is 5.47. The number of carbonyl (C=O) groups is 3. The zero-order valence-corrected chi connectivity index (χ0v) is 21.0. The predicted octanol–water partition coefficient (Wildman–Crippen LogP) is 5.81. The monoisotopic (exact) mass is 487 g/mol. The lowest BCUT2D eigenvalue weighted by atomic mass is 9.97. The van der Waals surface area contributed by atoms with Crippen molar-refractivity contribution in [2.24, 2.45) is 0 Å². The normalized spacial score (nSPS) is 14.4. The van der Waals surface area contributed by atoms with Crippen LogP contribution in [0.1, 0.15) is 80.1 Å². The molecule has 0 saturated heterocycles. The minimum Gasteiger partial charge on any atom is -0.459 e. The van der Waals surface area contributed by atoms with Crippen LogP contribution in [0.15, 0.2) is 71.3 Å². The molecule has 2 N–H and O–H groups in total. The van der Waals surface area contributed by atoms with Gasteiger partial charge < -0.3 is 15.1 Å². The molecule has 1 fully saturated rings. The van der Waals surface area contributed by atoms with E-state index < -0.39 is 11.9 Å². The standard InChI is InChI=1S/C29H33N3O4/c1-19(2)21-10-12-22(13-11-21)27(28(34)31-23-7-4-5-8-23)32(29(35)26-9-6-18-36-26)25-16-14-24(15-17-25)30-20(3)33/h6,9-19,23,27H,4-5,7-8H2,1-3H3,(H,30,33)(H,31,34)/t27-/m1/s1. The number of nitrogens with one attached hydrogen (secondary N) is 2. The Labute approximate surface area is 211 Å². The van der Waals surface area contributed by atoms with Crippen molar-refractivity contribution in [2.75, 3.05) is 10.2 Å². The summed E-state index contributed by atoms with van der Waals surface area (Å²) in [4.78, 5) is 40.6. The van der Waals surface area contributed by atoms with Crippen LogP contribution in [-0.2, 0) is 9.59 Å². The van der Waals surface area contributed by atoms with Gasteiger partial charge in [-0.1, -0.05) is 51.0 Å². The molecule has 188 valence electrons. The van der Waals surface area contributed by atoms with Gasteiger partial charge >= 0.3 is 0 Å². The average molecular weight is 488 g/mol. The molecule has 1 heterocycles. The van der Waals surface area contributed by atoms with Gasteiger partial charge in [0.25, 0.3) is 5.91 Å². The van der Waals surface area contributed by atoms with Gasteiger partial charge in [0, 0.05) is 24.3 Å². The van der Waals surface area contributed by atoms with Crippen LogP contribution in [0.3, 0.4) is 0 Å². The van der Waals surface area contributed by atoms with Gasteiger partial charge in [0.05, 0.1) is 6.26 Å². The molecule has 3 aromatic rings. The van der Waals surface area contributed by atoms with E-state index in [2.05, 4.69) is 24.5 Å². The Morgan fingerprint density at radius 1 is 0.917 bits per heavy atom. The van der Waals surface area contributed by atoms with Gasteiger partial charge in [-0.15, -0.1) is 0 Å². The SMILES string of the molecule is CC(=O)Nc1ccc(N(C(=O)c2ccco2)[C@@H](C(=O)NC2CCCC2)c2ccc(C(C)C)cc2)cc1. The molecule has 2 aromatic carbocycles. The number of amides is 3. The van der Waals surface area contributed by atoms with Crippen LogP contribution < -0.4 is 15.5 Å². The third-order valence-electron chi connectivity index (χ3n) is 6.54. The van der Waals surface area contributed by atoms with Gasteiger partial charge in [-0.2, -0.15) is 0 Å². The number of furan rings is 1. The highest BCUT2D eigenvalue weighted by molar-refractivity contribution is 6.08. The van der Waals surface area contributed by atoms with Gasteiger partial charge in [0.2, 0.25) is 11.8 Å². The third-order valence-corrected chi connectivity index (χ3v) is 6.54. The van der Waals surface area contributed by atoms with E-state index in [9.17, 15) is 14.4 Å². The molecule has 36 heavy (non-hydrogen) atoms.